The lowest BCUT2D eigenvalue weighted by Crippen LogP contribution is -2.26. The molecule has 0 aliphatic heterocycles. The van der Waals surface area contributed by atoms with Gasteiger partial charge in [0.1, 0.15) is 0 Å². The summed E-state index contributed by atoms with van der Waals surface area (Å²) in [5.41, 5.74) is 7.34. The molecule has 0 spiro atoms. The van der Waals surface area contributed by atoms with E-state index in [0.717, 1.165) is 24.2 Å². The van der Waals surface area contributed by atoms with Crippen LogP contribution in [0.15, 0.2) is 59.2 Å². The Labute approximate surface area is 131 Å². The second kappa shape index (κ2) is 7.18. The first-order chi connectivity index (χ1) is 10.1. The first kappa shape index (κ1) is 15.4. The molecule has 0 aromatic heterocycles. The molecule has 2 N–H and O–H groups in total. The van der Waals surface area contributed by atoms with Crippen molar-refractivity contribution in [3.05, 3.63) is 54.1 Å². The van der Waals surface area contributed by atoms with Gasteiger partial charge in [-0.1, -0.05) is 36.4 Å². The van der Waals surface area contributed by atoms with E-state index in [1.807, 2.05) is 30.3 Å². The molecule has 1 aromatic carbocycles. The summed E-state index contributed by atoms with van der Waals surface area (Å²) < 4.78 is 0. The average molecular weight is 299 g/mol. The monoisotopic (exact) mass is 299 g/mol. The van der Waals surface area contributed by atoms with Crippen LogP contribution in [-0.4, -0.2) is 10.8 Å². The summed E-state index contributed by atoms with van der Waals surface area (Å²) in [5, 5.41) is 8.05. The normalized spacial score (nSPS) is 19.8. The summed E-state index contributed by atoms with van der Waals surface area (Å²) in [7, 11) is 0. The van der Waals surface area contributed by atoms with Gasteiger partial charge in [0, 0.05) is 5.69 Å². The molecule has 0 saturated carbocycles. The van der Waals surface area contributed by atoms with Crippen LogP contribution in [0.1, 0.15) is 26.7 Å². The van der Waals surface area contributed by atoms with Gasteiger partial charge in [-0.15, -0.1) is 0 Å². The van der Waals surface area contributed by atoms with Crippen LogP contribution in [-0.2, 0) is 0 Å². The van der Waals surface area contributed by atoms with E-state index in [9.17, 15) is 0 Å². The van der Waals surface area contributed by atoms with E-state index < -0.39 is 0 Å². The van der Waals surface area contributed by atoms with Gasteiger partial charge in [0.05, 0.1) is 5.71 Å². The molecule has 1 atom stereocenters. The molecule has 2 rings (SSSR count). The number of allylic oxidation sites excluding steroid dienone is 3. The Hall–Kier alpha value is -1.94. The van der Waals surface area contributed by atoms with Crippen LogP contribution in [0.4, 0.5) is 5.69 Å². The molecule has 3 nitrogen and oxygen atoms in total. The highest BCUT2D eigenvalue weighted by atomic mass is 32.1. The van der Waals surface area contributed by atoms with Crippen LogP contribution in [0.3, 0.4) is 0 Å². The summed E-state index contributed by atoms with van der Waals surface area (Å²) in [6, 6.07) is 9.81. The molecule has 1 aliphatic carbocycles. The Morgan fingerprint density at radius 1 is 1.33 bits per heavy atom. The third-order valence-corrected chi connectivity index (χ3v) is 3.82. The van der Waals surface area contributed by atoms with Crippen molar-refractivity contribution in [1.29, 1.82) is 0 Å². The molecule has 1 unspecified atom stereocenters. The van der Waals surface area contributed by atoms with Crippen molar-refractivity contribution in [1.82, 2.24) is 5.43 Å². The van der Waals surface area contributed by atoms with Crippen LogP contribution in [0.5, 0.6) is 0 Å². The third kappa shape index (κ3) is 4.53. The molecule has 0 fully saturated rings. The van der Waals surface area contributed by atoms with Gasteiger partial charge in [-0.3, -0.25) is 5.43 Å². The second-order valence-electron chi connectivity index (χ2n) is 5.36. The maximum Gasteiger partial charge on any atom is 0.191 e. The molecule has 4 heteroatoms. The Kier molecular flexibility index (Phi) is 5.28. The molecular formula is C17H21N3S. The molecule has 0 amide bonds. The lowest BCUT2D eigenvalue weighted by atomic mass is 9.85. The van der Waals surface area contributed by atoms with Crippen molar-refractivity contribution in [2.45, 2.75) is 26.7 Å². The van der Waals surface area contributed by atoms with Gasteiger partial charge in [-0.05, 0) is 62.5 Å². The Balaban J connectivity index is 1.96. The second-order valence-corrected chi connectivity index (χ2v) is 5.77. The number of thiocarbonyl (C=S) groups is 1. The highest BCUT2D eigenvalue weighted by Gasteiger charge is 2.18. The Bertz CT molecular complexity index is 587. The molecule has 0 bridgehead atoms. The standard InChI is InChI=1S/C17H21N3S/c1-12(2)14-10-9-13(3)16(11-14)19-20-17(21)18-15-7-5-4-6-8-15/h4-9,14H,1,10-11H2,2-3H3,(H2,18,20,21)/b19-16-. The van der Waals surface area contributed by atoms with Crippen molar-refractivity contribution >= 4 is 28.7 Å². The van der Waals surface area contributed by atoms with Crippen molar-refractivity contribution in [2.24, 2.45) is 11.0 Å². The maximum absolute atomic E-state index is 5.26. The zero-order valence-corrected chi connectivity index (χ0v) is 13.3. The molecule has 0 heterocycles. The smallest absolute Gasteiger partial charge is 0.191 e. The van der Waals surface area contributed by atoms with Gasteiger partial charge in [-0.2, -0.15) is 5.10 Å². The van der Waals surface area contributed by atoms with Gasteiger partial charge in [0.25, 0.3) is 0 Å². The van der Waals surface area contributed by atoms with Crippen LogP contribution < -0.4 is 10.7 Å². The summed E-state index contributed by atoms with van der Waals surface area (Å²) >= 11 is 5.26. The van der Waals surface area contributed by atoms with Crippen LogP contribution >= 0.6 is 12.2 Å². The van der Waals surface area contributed by atoms with E-state index in [0.29, 0.717) is 11.0 Å². The van der Waals surface area contributed by atoms with Gasteiger partial charge in [0.15, 0.2) is 5.11 Å². The third-order valence-electron chi connectivity index (χ3n) is 3.62. The largest absolute Gasteiger partial charge is 0.331 e. The summed E-state index contributed by atoms with van der Waals surface area (Å²) in [5.74, 6) is 0.477. The average Bonchev–Trinajstić information content (AvgIpc) is 2.47. The Morgan fingerprint density at radius 3 is 2.71 bits per heavy atom. The first-order valence-electron chi connectivity index (χ1n) is 7.07. The maximum atomic E-state index is 5.26. The number of hydrogen-bond donors (Lipinski definition) is 2. The van der Waals surface area contributed by atoms with Gasteiger partial charge >= 0.3 is 0 Å². The quantitative estimate of drug-likeness (QED) is 0.497. The van der Waals surface area contributed by atoms with E-state index in [4.69, 9.17) is 12.2 Å². The fraction of sp³-hybridized carbons (Fsp3) is 0.294. The fourth-order valence-corrected chi connectivity index (χ4v) is 2.39. The van der Waals surface area contributed by atoms with E-state index in [1.54, 1.807) is 0 Å². The predicted octanol–water partition coefficient (Wildman–Crippen LogP) is 4.26. The summed E-state index contributed by atoms with van der Waals surface area (Å²) in [6.07, 6.45) is 4.18. The molecular weight excluding hydrogens is 278 g/mol. The zero-order chi connectivity index (χ0) is 15.2. The lowest BCUT2D eigenvalue weighted by molar-refractivity contribution is 0.637. The van der Waals surface area contributed by atoms with Gasteiger partial charge in [0.2, 0.25) is 0 Å². The number of anilines is 1. The van der Waals surface area contributed by atoms with Crippen molar-refractivity contribution in [3.8, 4) is 0 Å². The van der Waals surface area contributed by atoms with Crippen LogP contribution in [0, 0.1) is 5.92 Å². The number of benzene rings is 1. The minimum atomic E-state index is 0.477. The highest BCUT2D eigenvalue weighted by molar-refractivity contribution is 7.80. The minimum absolute atomic E-state index is 0.477. The first-order valence-corrected chi connectivity index (χ1v) is 7.48. The van der Waals surface area contributed by atoms with E-state index >= 15 is 0 Å². The van der Waals surface area contributed by atoms with E-state index in [2.05, 4.69) is 42.3 Å². The molecule has 0 radical (unpaired) electrons. The van der Waals surface area contributed by atoms with Crippen molar-refractivity contribution in [2.75, 3.05) is 5.32 Å². The predicted molar refractivity (Wildman–Crippen MR) is 94.5 cm³/mol. The fourth-order valence-electron chi connectivity index (χ4n) is 2.22. The molecule has 1 aliphatic rings. The number of nitrogens with one attached hydrogen (secondary N) is 2. The minimum Gasteiger partial charge on any atom is -0.331 e. The number of hydrazone groups is 1. The highest BCUT2D eigenvalue weighted by Crippen LogP contribution is 2.26. The molecule has 1 aromatic rings. The summed E-state index contributed by atoms with van der Waals surface area (Å²) in [4.78, 5) is 0. The topological polar surface area (TPSA) is 36.4 Å². The van der Waals surface area contributed by atoms with E-state index in [1.165, 1.54) is 11.1 Å². The number of hydrogen-bond acceptors (Lipinski definition) is 2. The lowest BCUT2D eigenvalue weighted by Gasteiger charge is -2.22. The SMILES string of the molecule is C=C(C)C1CC=C(C)/C(=N\NC(=S)Nc2ccccc2)C1. The van der Waals surface area contributed by atoms with Crippen LogP contribution in [0.25, 0.3) is 0 Å². The number of para-hydroxylation sites is 1. The van der Waals surface area contributed by atoms with Gasteiger partial charge in [-0.25, -0.2) is 0 Å². The van der Waals surface area contributed by atoms with Crippen LogP contribution in [0.2, 0.25) is 0 Å². The van der Waals surface area contributed by atoms with E-state index in [-0.39, 0.29) is 0 Å². The molecule has 110 valence electrons. The van der Waals surface area contributed by atoms with Crippen molar-refractivity contribution < 1.29 is 0 Å². The number of nitrogens with zero attached hydrogens (tertiary/aromatic N) is 1. The Morgan fingerprint density at radius 2 is 2.05 bits per heavy atom. The summed E-state index contributed by atoms with van der Waals surface area (Å²) in [6.45, 7) is 8.21. The molecule has 21 heavy (non-hydrogen) atoms. The number of rotatable bonds is 3. The molecule has 0 saturated heterocycles. The van der Waals surface area contributed by atoms with Gasteiger partial charge < -0.3 is 5.32 Å². The van der Waals surface area contributed by atoms with Crippen molar-refractivity contribution in [3.63, 3.8) is 0 Å². The zero-order valence-electron chi connectivity index (χ0n) is 12.5.